The number of benzene rings is 1. The average Bonchev–Trinajstić information content (AvgIpc) is 2.81. The molecule has 1 aromatic carbocycles. The molecule has 0 aliphatic heterocycles. The Morgan fingerprint density at radius 2 is 2.19 bits per heavy atom. The highest BCUT2D eigenvalue weighted by atomic mass is 32.2. The molecule has 0 saturated heterocycles. The van der Waals surface area contributed by atoms with Crippen molar-refractivity contribution < 1.29 is 22.7 Å². The number of aromatic nitrogens is 2. The van der Waals surface area contributed by atoms with E-state index in [9.17, 15) is 17.6 Å². The fraction of sp³-hybridized carbons (Fsp3) is 0.167. The van der Waals surface area contributed by atoms with Crippen LogP contribution >= 0.6 is 0 Å². The monoisotopic (exact) mass is 313 g/mol. The van der Waals surface area contributed by atoms with Crippen molar-refractivity contribution in [2.75, 3.05) is 0 Å². The number of sulfonamides is 1. The highest BCUT2D eigenvalue weighted by molar-refractivity contribution is 7.89. The minimum absolute atomic E-state index is 0.105. The van der Waals surface area contributed by atoms with E-state index >= 15 is 0 Å². The van der Waals surface area contributed by atoms with Crippen molar-refractivity contribution >= 4 is 16.0 Å². The van der Waals surface area contributed by atoms with Crippen molar-refractivity contribution in [3.8, 4) is 0 Å². The minimum Gasteiger partial charge on any atom is -0.478 e. The first-order valence-electron chi connectivity index (χ1n) is 5.80. The number of aromatic carboxylic acids is 1. The highest BCUT2D eigenvalue weighted by Gasteiger charge is 2.20. The number of carbonyl (C=O) groups is 1. The minimum atomic E-state index is -4.10. The topological polar surface area (TPSA) is 101 Å². The van der Waals surface area contributed by atoms with Gasteiger partial charge in [-0.2, -0.15) is 0 Å². The number of carboxylic acids is 1. The van der Waals surface area contributed by atoms with E-state index in [4.69, 9.17) is 5.11 Å². The first-order valence-corrected chi connectivity index (χ1v) is 7.28. The predicted octanol–water partition coefficient (Wildman–Crippen LogP) is 0.736. The van der Waals surface area contributed by atoms with Crippen LogP contribution in [0.3, 0.4) is 0 Å². The normalized spacial score (nSPS) is 11.5. The molecule has 0 saturated carbocycles. The molecule has 0 spiro atoms. The van der Waals surface area contributed by atoms with E-state index in [1.165, 1.54) is 6.20 Å². The van der Waals surface area contributed by atoms with Crippen LogP contribution in [0.25, 0.3) is 0 Å². The van der Waals surface area contributed by atoms with Gasteiger partial charge in [-0.1, -0.05) is 0 Å². The van der Waals surface area contributed by atoms with E-state index in [1.807, 2.05) is 0 Å². The molecule has 0 radical (unpaired) electrons. The smallest absolute Gasteiger partial charge is 0.335 e. The fourth-order valence-corrected chi connectivity index (χ4v) is 2.69. The summed E-state index contributed by atoms with van der Waals surface area (Å²) in [6.45, 7) is -0.105. The lowest BCUT2D eigenvalue weighted by atomic mass is 10.2. The van der Waals surface area contributed by atoms with Crippen LogP contribution in [0.1, 0.15) is 16.2 Å². The van der Waals surface area contributed by atoms with Gasteiger partial charge in [0.2, 0.25) is 10.0 Å². The van der Waals surface area contributed by atoms with Gasteiger partial charge in [-0.15, -0.1) is 0 Å². The van der Waals surface area contributed by atoms with E-state index < -0.39 is 26.7 Å². The molecule has 2 rings (SSSR count). The molecule has 0 bridgehead atoms. The van der Waals surface area contributed by atoms with Crippen molar-refractivity contribution in [3.63, 3.8) is 0 Å². The Morgan fingerprint density at radius 3 is 2.71 bits per heavy atom. The van der Waals surface area contributed by atoms with Crippen LogP contribution in [-0.2, 0) is 23.6 Å². The third-order valence-corrected chi connectivity index (χ3v) is 4.24. The summed E-state index contributed by atoms with van der Waals surface area (Å²) < 4.78 is 41.6. The summed E-state index contributed by atoms with van der Waals surface area (Å²) in [5, 5.41) is 8.72. The molecule has 21 heavy (non-hydrogen) atoms. The number of nitrogens with one attached hydrogen (secondary N) is 1. The molecular formula is C12H12FN3O4S. The summed E-state index contributed by atoms with van der Waals surface area (Å²) in [6.07, 6.45) is 3.15. The molecule has 1 heterocycles. The van der Waals surface area contributed by atoms with Gasteiger partial charge < -0.3 is 9.67 Å². The molecular weight excluding hydrogens is 301 g/mol. The van der Waals surface area contributed by atoms with E-state index in [1.54, 1.807) is 17.8 Å². The molecule has 0 aliphatic rings. The molecule has 2 aromatic rings. The van der Waals surface area contributed by atoms with Crippen molar-refractivity contribution in [3.05, 3.63) is 47.8 Å². The standard InChI is InChI=1S/C12H12FN3O4S/c1-16-5-4-14-11(16)7-15-21(19,20)10-3-2-8(12(17)18)6-9(10)13/h2-6,15H,7H2,1H3,(H,17,18). The maximum absolute atomic E-state index is 13.7. The Balaban J connectivity index is 2.23. The Hall–Kier alpha value is -2.26. The molecule has 0 aliphatic carbocycles. The molecule has 0 amide bonds. The van der Waals surface area contributed by atoms with Crippen LogP contribution in [0.2, 0.25) is 0 Å². The van der Waals surface area contributed by atoms with Gasteiger partial charge >= 0.3 is 5.97 Å². The second-order valence-corrected chi connectivity index (χ2v) is 5.96. The molecule has 9 heteroatoms. The number of halogens is 1. The van der Waals surface area contributed by atoms with E-state index in [-0.39, 0.29) is 12.1 Å². The maximum Gasteiger partial charge on any atom is 0.335 e. The van der Waals surface area contributed by atoms with Crippen LogP contribution < -0.4 is 4.72 Å². The molecule has 0 fully saturated rings. The highest BCUT2D eigenvalue weighted by Crippen LogP contribution is 2.16. The number of rotatable bonds is 5. The van der Waals surface area contributed by atoms with Gasteiger partial charge in [0.15, 0.2) is 0 Å². The van der Waals surface area contributed by atoms with Gasteiger partial charge in [-0.05, 0) is 18.2 Å². The van der Waals surface area contributed by atoms with Gasteiger partial charge in [0.1, 0.15) is 16.5 Å². The third kappa shape index (κ3) is 3.26. The van der Waals surface area contributed by atoms with E-state index in [0.717, 1.165) is 12.1 Å². The third-order valence-electron chi connectivity index (χ3n) is 2.81. The fourth-order valence-electron chi connectivity index (χ4n) is 1.66. The Labute approximate surface area is 120 Å². The molecule has 1 aromatic heterocycles. The summed E-state index contributed by atoms with van der Waals surface area (Å²) in [5.41, 5.74) is -0.324. The van der Waals surface area contributed by atoms with Crippen LogP contribution in [-0.4, -0.2) is 29.0 Å². The molecule has 0 unspecified atom stereocenters. The van der Waals surface area contributed by atoms with Crippen molar-refractivity contribution in [1.29, 1.82) is 0 Å². The largest absolute Gasteiger partial charge is 0.478 e. The van der Waals surface area contributed by atoms with Gasteiger partial charge in [0.05, 0.1) is 12.1 Å². The summed E-state index contributed by atoms with van der Waals surface area (Å²) in [6, 6.07) is 2.61. The first-order chi connectivity index (χ1) is 9.81. The zero-order chi connectivity index (χ0) is 15.6. The average molecular weight is 313 g/mol. The van der Waals surface area contributed by atoms with Crippen molar-refractivity contribution in [2.24, 2.45) is 7.05 Å². The van der Waals surface area contributed by atoms with Gasteiger partial charge in [0.25, 0.3) is 0 Å². The quantitative estimate of drug-likeness (QED) is 0.847. The summed E-state index contributed by atoms with van der Waals surface area (Å²) in [4.78, 5) is 14.0. The number of hydrogen-bond donors (Lipinski definition) is 2. The predicted molar refractivity (Wildman–Crippen MR) is 70.6 cm³/mol. The number of nitrogens with zero attached hydrogens (tertiary/aromatic N) is 2. The number of imidazole rings is 1. The molecule has 7 nitrogen and oxygen atoms in total. The van der Waals surface area contributed by atoms with Crippen molar-refractivity contribution in [2.45, 2.75) is 11.4 Å². The van der Waals surface area contributed by atoms with Crippen LogP contribution in [0.4, 0.5) is 4.39 Å². The summed E-state index contributed by atoms with van der Waals surface area (Å²) in [5.74, 6) is -2.00. The number of carboxylic acid groups (broad SMARTS) is 1. The van der Waals surface area contributed by atoms with Crippen LogP contribution in [0, 0.1) is 5.82 Å². The lowest BCUT2D eigenvalue weighted by Gasteiger charge is -2.08. The molecule has 2 N–H and O–H groups in total. The second-order valence-electron chi connectivity index (χ2n) is 4.23. The number of aryl methyl sites for hydroxylation is 1. The van der Waals surface area contributed by atoms with Crippen molar-refractivity contribution in [1.82, 2.24) is 14.3 Å². The zero-order valence-electron chi connectivity index (χ0n) is 10.9. The van der Waals surface area contributed by atoms with Crippen LogP contribution in [0.5, 0.6) is 0 Å². The number of hydrogen-bond acceptors (Lipinski definition) is 4. The lowest BCUT2D eigenvalue weighted by molar-refractivity contribution is 0.0696. The van der Waals surface area contributed by atoms with E-state index in [0.29, 0.717) is 11.9 Å². The van der Waals surface area contributed by atoms with Gasteiger partial charge in [0, 0.05) is 19.4 Å². The van der Waals surface area contributed by atoms with Gasteiger partial charge in [-0.25, -0.2) is 27.3 Å². The Morgan fingerprint density at radius 1 is 1.48 bits per heavy atom. The Bertz CT molecular complexity index is 786. The summed E-state index contributed by atoms with van der Waals surface area (Å²) >= 11 is 0. The second kappa shape index (κ2) is 5.62. The van der Waals surface area contributed by atoms with Gasteiger partial charge in [-0.3, -0.25) is 0 Å². The first kappa shape index (κ1) is 15.1. The maximum atomic E-state index is 13.7. The zero-order valence-corrected chi connectivity index (χ0v) is 11.8. The van der Waals surface area contributed by atoms with E-state index in [2.05, 4.69) is 9.71 Å². The summed E-state index contributed by atoms with van der Waals surface area (Å²) in [7, 11) is -2.40. The Kier molecular flexibility index (Phi) is 4.05. The molecule has 112 valence electrons. The molecule has 0 atom stereocenters. The SMILES string of the molecule is Cn1ccnc1CNS(=O)(=O)c1ccc(C(=O)O)cc1F. The van der Waals surface area contributed by atoms with Crippen LogP contribution in [0.15, 0.2) is 35.5 Å². The lowest BCUT2D eigenvalue weighted by Crippen LogP contribution is -2.25.